The lowest BCUT2D eigenvalue weighted by Gasteiger charge is -2.33. The van der Waals surface area contributed by atoms with Gasteiger partial charge in [0.1, 0.15) is 23.5 Å². The molecule has 2 heterocycles. The number of hydrogen-bond acceptors (Lipinski definition) is 5. The van der Waals surface area contributed by atoms with Crippen LogP contribution in [0.2, 0.25) is 0 Å². The maximum absolute atomic E-state index is 13.2. The summed E-state index contributed by atoms with van der Waals surface area (Å²) in [6, 6.07) is 7.73. The highest BCUT2D eigenvalue weighted by atomic mass is 32.2. The van der Waals surface area contributed by atoms with Gasteiger partial charge in [-0.15, -0.1) is 0 Å². The summed E-state index contributed by atoms with van der Waals surface area (Å²) in [4.78, 5) is 16.1. The Labute approximate surface area is 172 Å². The summed E-state index contributed by atoms with van der Waals surface area (Å²) in [5, 5.41) is 0. The van der Waals surface area contributed by atoms with Gasteiger partial charge in [0.25, 0.3) is 10.0 Å². The van der Waals surface area contributed by atoms with E-state index >= 15 is 0 Å². The van der Waals surface area contributed by atoms with Gasteiger partial charge in [-0.05, 0) is 50.1 Å². The number of carbonyl (C=O) groups is 1. The number of carbonyl (C=O) groups excluding carboxylic acids is 1. The molecule has 0 radical (unpaired) electrons. The van der Waals surface area contributed by atoms with Crippen LogP contribution in [0, 0.1) is 12.8 Å². The molecule has 0 N–H and O–H groups in total. The van der Waals surface area contributed by atoms with Crippen LogP contribution in [0.4, 0.5) is 18.9 Å². The van der Waals surface area contributed by atoms with Gasteiger partial charge in [-0.1, -0.05) is 12.1 Å². The average molecular weight is 442 g/mol. The normalized spacial score (nSPS) is 17.8. The molecule has 0 bridgehead atoms. The summed E-state index contributed by atoms with van der Waals surface area (Å²) in [5.74, 6) is -3.11. The van der Waals surface area contributed by atoms with E-state index in [1.807, 2.05) is 0 Å². The summed E-state index contributed by atoms with van der Waals surface area (Å²) in [5.41, 5.74) is 1.04. The van der Waals surface area contributed by atoms with E-state index in [0.29, 0.717) is 0 Å². The third-order valence-electron chi connectivity index (χ3n) is 4.82. The Morgan fingerprint density at radius 3 is 2.67 bits per heavy atom. The third-order valence-corrected chi connectivity index (χ3v) is 6.60. The number of alkyl halides is 3. The molecular formula is C20H21F3N2O4S. The van der Waals surface area contributed by atoms with E-state index in [1.54, 1.807) is 26.0 Å². The molecule has 0 spiro atoms. The second-order valence-corrected chi connectivity index (χ2v) is 9.22. The lowest BCUT2D eigenvalue weighted by Crippen LogP contribution is -2.42. The summed E-state index contributed by atoms with van der Waals surface area (Å²) >= 11 is 0. The first-order valence-electron chi connectivity index (χ1n) is 9.24. The third kappa shape index (κ3) is 4.43. The van der Waals surface area contributed by atoms with E-state index in [1.165, 1.54) is 24.4 Å². The summed E-state index contributed by atoms with van der Waals surface area (Å²) in [7, 11) is -3.97. The van der Waals surface area contributed by atoms with Gasteiger partial charge in [-0.3, -0.25) is 9.10 Å². The fourth-order valence-corrected chi connectivity index (χ4v) is 4.71. The van der Waals surface area contributed by atoms with Crippen molar-refractivity contribution in [3.63, 3.8) is 0 Å². The number of ketones is 1. The van der Waals surface area contributed by atoms with Crippen molar-refractivity contribution < 1.29 is 31.1 Å². The number of aromatic nitrogens is 1. The van der Waals surface area contributed by atoms with Crippen LogP contribution in [-0.4, -0.2) is 38.0 Å². The largest absolute Gasteiger partial charge is 0.471 e. The minimum Gasteiger partial charge on any atom is -0.471 e. The predicted molar refractivity (Wildman–Crippen MR) is 104 cm³/mol. The van der Waals surface area contributed by atoms with Crippen LogP contribution in [0.1, 0.15) is 25.0 Å². The highest BCUT2D eigenvalue weighted by Gasteiger charge is 2.41. The standard InChI is InChI=1S/C20H21F3N2O4S/c1-12-5-4-6-16(7-12)30(27,28)25-11-13(2)29-19-17(25)8-15(10-24-19)9-18(26)14(3)20(21,22)23/h4-8,10,13-14H,9,11H2,1-3H3/t13-,14?/m0/s1. The molecule has 1 aliphatic rings. The van der Waals surface area contributed by atoms with Crippen LogP contribution in [-0.2, 0) is 21.2 Å². The molecule has 0 saturated heterocycles. The smallest absolute Gasteiger partial charge is 0.398 e. The molecule has 10 heteroatoms. The van der Waals surface area contributed by atoms with Crippen molar-refractivity contribution in [2.24, 2.45) is 5.92 Å². The number of fused-ring (bicyclic) bond motifs is 1. The van der Waals surface area contributed by atoms with Crippen molar-refractivity contribution in [2.45, 2.75) is 44.4 Å². The minimum absolute atomic E-state index is 0.00130. The zero-order chi connectivity index (χ0) is 22.3. The quantitative estimate of drug-likeness (QED) is 0.706. The van der Waals surface area contributed by atoms with Crippen molar-refractivity contribution in [1.29, 1.82) is 0 Å². The topological polar surface area (TPSA) is 76.6 Å². The zero-order valence-electron chi connectivity index (χ0n) is 16.6. The molecule has 162 valence electrons. The maximum atomic E-state index is 13.2. The maximum Gasteiger partial charge on any atom is 0.398 e. The van der Waals surface area contributed by atoms with E-state index in [2.05, 4.69) is 4.98 Å². The Balaban J connectivity index is 1.99. The zero-order valence-corrected chi connectivity index (χ0v) is 17.4. The van der Waals surface area contributed by atoms with Crippen LogP contribution in [0.15, 0.2) is 41.4 Å². The molecule has 0 saturated carbocycles. The highest BCUT2D eigenvalue weighted by molar-refractivity contribution is 7.92. The van der Waals surface area contributed by atoms with Crippen molar-refractivity contribution in [2.75, 3.05) is 10.8 Å². The number of pyridine rings is 1. The number of aryl methyl sites for hydroxylation is 1. The van der Waals surface area contributed by atoms with Crippen LogP contribution >= 0.6 is 0 Å². The first kappa shape index (κ1) is 22.1. The van der Waals surface area contributed by atoms with E-state index in [-0.39, 0.29) is 28.6 Å². The molecule has 1 aromatic carbocycles. The highest BCUT2D eigenvalue weighted by Crippen LogP contribution is 2.36. The first-order chi connectivity index (χ1) is 13.9. The first-order valence-corrected chi connectivity index (χ1v) is 10.7. The lowest BCUT2D eigenvalue weighted by molar-refractivity contribution is -0.177. The van der Waals surface area contributed by atoms with Crippen molar-refractivity contribution >= 4 is 21.5 Å². The molecule has 30 heavy (non-hydrogen) atoms. The van der Waals surface area contributed by atoms with E-state index < -0.39 is 40.4 Å². The number of benzene rings is 1. The van der Waals surface area contributed by atoms with Crippen molar-refractivity contribution in [3.05, 3.63) is 47.7 Å². The van der Waals surface area contributed by atoms with Gasteiger partial charge in [0, 0.05) is 12.6 Å². The number of anilines is 1. The Kier molecular flexibility index (Phi) is 5.81. The number of hydrogen-bond donors (Lipinski definition) is 0. The van der Waals surface area contributed by atoms with Gasteiger partial charge in [-0.2, -0.15) is 13.2 Å². The number of sulfonamides is 1. The van der Waals surface area contributed by atoms with Gasteiger partial charge in [0.15, 0.2) is 0 Å². The van der Waals surface area contributed by atoms with Gasteiger partial charge < -0.3 is 4.74 Å². The Hall–Kier alpha value is -2.62. The Morgan fingerprint density at radius 1 is 1.33 bits per heavy atom. The summed E-state index contributed by atoms with van der Waals surface area (Å²) in [6.45, 7) is 4.25. The lowest BCUT2D eigenvalue weighted by atomic mass is 9.99. The molecule has 1 aliphatic heterocycles. The number of ether oxygens (including phenoxy) is 1. The molecule has 1 unspecified atom stereocenters. The van der Waals surface area contributed by atoms with Crippen LogP contribution in [0.5, 0.6) is 5.88 Å². The molecule has 2 aromatic rings. The second-order valence-electron chi connectivity index (χ2n) is 7.36. The molecule has 3 rings (SSSR count). The van der Waals surface area contributed by atoms with E-state index in [9.17, 15) is 26.4 Å². The molecule has 1 aromatic heterocycles. The van der Waals surface area contributed by atoms with Crippen molar-refractivity contribution in [3.8, 4) is 5.88 Å². The van der Waals surface area contributed by atoms with E-state index in [0.717, 1.165) is 16.8 Å². The molecule has 6 nitrogen and oxygen atoms in total. The monoisotopic (exact) mass is 442 g/mol. The van der Waals surface area contributed by atoms with Crippen LogP contribution in [0.3, 0.4) is 0 Å². The van der Waals surface area contributed by atoms with Gasteiger partial charge in [-0.25, -0.2) is 13.4 Å². The van der Waals surface area contributed by atoms with Gasteiger partial charge >= 0.3 is 6.18 Å². The van der Waals surface area contributed by atoms with Crippen LogP contribution < -0.4 is 9.04 Å². The second kappa shape index (κ2) is 7.90. The Bertz CT molecular complexity index is 1070. The number of rotatable bonds is 5. The summed E-state index contributed by atoms with van der Waals surface area (Å²) < 4.78 is 71.7. The van der Waals surface area contributed by atoms with Crippen molar-refractivity contribution in [1.82, 2.24) is 4.98 Å². The molecule has 0 amide bonds. The molecule has 0 aliphatic carbocycles. The SMILES string of the molecule is Cc1cccc(S(=O)(=O)N2C[C@H](C)Oc3ncc(CC(=O)C(C)C(F)(F)F)cc32)c1. The average Bonchev–Trinajstić information content (AvgIpc) is 2.66. The van der Waals surface area contributed by atoms with Gasteiger partial charge in [0.05, 0.1) is 11.4 Å². The number of halogens is 3. The number of nitrogens with zero attached hydrogens (tertiary/aromatic N) is 2. The minimum atomic E-state index is -4.64. The fraction of sp³-hybridized carbons (Fsp3) is 0.400. The molecular weight excluding hydrogens is 421 g/mol. The predicted octanol–water partition coefficient (Wildman–Crippen LogP) is 3.68. The summed E-state index contributed by atoms with van der Waals surface area (Å²) in [6.07, 6.45) is -4.41. The van der Waals surface area contributed by atoms with E-state index in [4.69, 9.17) is 4.74 Å². The molecule has 0 fully saturated rings. The molecule has 2 atom stereocenters. The fourth-order valence-electron chi connectivity index (χ4n) is 3.08. The Morgan fingerprint density at radius 2 is 2.03 bits per heavy atom. The van der Waals surface area contributed by atoms with Crippen LogP contribution in [0.25, 0.3) is 0 Å². The number of Topliss-reactive ketones (excluding diaryl/α,β-unsaturated/α-hetero) is 1. The van der Waals surface area contributed by atoms with Gasteiger partial charge in [0.2, 0.25) is 5.88 Å².